The molecule has 7 heteroatoms. The molecular weight excluding hydrogens is 320 g/mol. The SMILES string of the molecule is CCOc1ccccc1[C@H]1[C@@]2(C#N)[C@@]3(N=C(N)[C@@]12C#N)OC[C@H](C)O3. The summed E-state index contributed by atoms with van der Waals surface area (Å²) in [5.41, 5.74) is 4.30. The lowest BCUT2D eigenvalue weighted by atomic mass is 9.93. The van der Waals surface area contributed by atoms with Gasteiger partial charge in [0.2, 0.25) is 0 Å². The first-order valence-electron chi connectivity index (χ1n) is 8.24. The Morgan fingerprint density at radius 3 is 2.72 bits per heavy atom. The van der Waals surface area contributed by atoms with Crippen LogP contribution in [-0.2, 0) is 9.47 Å². The first-order chi connectivity index (χ1) is 12.0. The maximum absolute atomic E-state index is 10.1. The van der Waals surface area contributed by atoms with Crippen LogP contribution in [-0.4, -0.2) is 31.1 Å². The Labute approximate surface area is 145 Å². The quantitative estimate of drug-likeness (QED) is 0.896. The molecule has 128 valence electrons. The Hall–Kier alpha value is -2.61. The molecule has 0 aromatic heterocycles. The number of aliphatic imine (C=N–C) groups is 1. The van der Waals surface area contributed by atoms with Crippen molar-refractivity contribution in [2.75, 3.05) is 13.2 Å². The Balaban J connectivity index is 1.91. The lowest BCUT2D eigenvalue weighted by molar-refractivity contribution is -0.193. The highest BCUT2D eigenvalue weighted by atomic mass is 16.8. The van der Waals surface area contributed by atoms with Crippen LogP contribution in [0, 0.1) is 33.5 Å². The fraction of sp³-hybridized carbons (Fsp3) is 0.500. The zero-order chi connectivity index (χ0) is 17.9. The highest BCUT2D eigenvalue weighted by molar-refractivity contribution is 6.00. The van der Waals surface area contributed by atoms with Crippen molar-refractivity contribution in [3.05, 3.63) is 29.8 Å². The molecule has 1 saturated heterocycles. The fourth-order valence-electron chi connectivity index (χ4n) is 4.33. The summed E-state index contributed by atoms with van der Waals surface area (Å²) in [6.07, 6.45) is -0.236. The van der Waals surface area contributed by atoms with Gasteiger partial charge in [0.1, 0.15) is 17.0 Å². The third-order valence-electron chi connectivity index (χ3n) is 5.33. The Bertz CT molecular complexity index is 857. The molecule has 0 radical (unpaired) electrons. The number of rotatable bonds is 3. The molecule has 7 nitrogen and oxygen atoms in total. The van der Waals surface area contributed by atoms with Gasteiger partial charge in [0, 0.05) is 11.5 Å². The van der Waals surface area contributed by atoms with Gasteiger partial charge in [0.25, 0.3) is 5.91 Å². The van der Waals surface area contributed by atoms with E-state index in [1.807, 2.05) is 38.1 Å². The van der Waals surface area contributed by atoms with Crippen LogP contribution in [0.3, 0.4) is 0 Å². The third-order valence-corrected chi connectivity index (χ3v) is 5.33. The highest BCUT2D eigenvalue weighted by Crippen LogP contribution is 2.83. The van der Waals surface area contributed by atoms with Crippen LogP contribution in [0.25, 0.3) is 0 Å². The van der Waals surface area contributed by atoms with Crippen LogP contribution in [0.15, 0.2) is 29.3 Å². The van der Waals surface area contributed by atoms with E-state index >= 15 is 0 Å². The number of amidine groups is 1. The standard InChI is InChI=1S/C18H18N4O3/c1-3-23-13-7-5-4-6-12(13)14-16(9-19)15(21)22-18(17(14,16)10-20)24-8-11(2)25-18/h4-7,11,14H,3,8H2,1-2H3,(H2,21,22)/t11-,14+,16+,17+,18+/m0/s1. The molecule has 25 heavy (non-hydrogen) atoms. The van der Waals surface area contributed by atoms with Crippen LogP contribution >= 0.6 is 0 Å². The van der Waals surface area contributed by atoms with Crippen molar-refractivity contribution in [2.24, 2.45) is 21.6 Å². The van der Waals surface area contributed by atoms with Gasteiger partial charge in [-0.25, -0.2) is 4.99 Å². The largest absolute Gasteiger partial charge is 0.494 e. The monoisotopic (exact) mass is 338 g/mol. The minimum absolute atomic E-state index is 0.0851. The average Bonchev–Trinajstić information content (AvgIpc) is 2.99. The molecule has 0 bridgehead atoms. The van der Waals surface area contributed by atoms with Crippen molar-refractivity contribution in [3.63, 3.8) is 0 Å². The van der Waals surface area contributed by atoms with E-state index in [9.17, 15) is 10.5 Å². The molecule has 1 aromatic rings. The lowest BCUT2D eigenvalue weighted by Gasteiger charge is -2.26. The van der Waals surface area contributed by atoms with Crippen molar-refractivity contribution in [3.8, 4) is 17.9 Å². The molecule has 3 aliphatic rings. The molecule has 0 unspecified atom stereocenters. The molecule has 1 aromatic carbocycles. The Morgan fingerprint density at radius 2 is 2.12 bits per heavy atom. The van der Waals surface area contributed by atoms with Crippen molar-refractivity contribution >= 4 is 5.84 Å². The average molecular weight is 338 g/mol. The number of hydrogen-bond donors (Lipinski definition) is 1. The summed E-state index contributed by atoms with van der Waals surface area (Å²) in [6.45, 7) is 4.49. The molecule has 2 N–H and O–H groups in total. The van der Waals surface area contributed by atoms with E-state index in [1.165, 1.54) is 0 Å². The first-order valence-corrected chi connectivity index (χ1v) is 8.24. The zero-order valence-electron chi connectivity index (χ0n) is 14.0. The number of para-hydroxylation sites is 1. The molecule has 1 spiro atoms. The van der Waals surface area contributed by atoms with Gasteiger partial charge in [0.15, 0.2) is 5.41 Å². The minimum Gasteiger partial charge on any atom is -0.494 e. The molecule has 2 aliphatic heterocycles. The minimum atomic E-state index is -1.54. The summed E-state index contributed by atoms with van der Waals surface area (Å²) in [5, 5.41) is 20.1. The number of ether oxygens (including phenoxy) is 3. The number of fused-ring (bicyclic) bond motifs is 2. The van der Waals surface area contributed by atoms with E-state index in [1.54, 1.807) is 0 Å². The van der Waals surface area contributed by atoms with Crippen molar-refractivity contribution in [1.82, 2.24) is 0 Å². The zero-order valence-corrected chi connectivity index (χ0v) is 14.0. The van der Waals surface area contributed by atoms with Gasteiger partial charge < -0.3 is 19.9 Å². The van der Waals surface area contributed by atoms with Crippen LogP contribution in [0.5, 0.6) is 5.75 Å². The second-order valence-corrected chi connectivity index (χ2v) is 6.56. The summed E-state index contributed by atoms with van der Waals surface area (Å²) in [6, 6.07) is 11.9. The van der Waals surface area contributed by atoms with Crippen molar-refractivity contribution < 1.29 is 14.2 Å². The van der Waals surface area contributed by atoms with Gasteiger partial charge in [-0.2, -0.15) is 10.5 Å². The molecular formula is C18H18N4O3. The van der Waals surface area contributed by atoms with E-state index < -0.39 is 22.7 Å². The number of nitrogens with zero attached hydrogens (tertiary/aromatic N) is 3. The maximum atomic E-state index is 10.1. The predicted molar refractivity (Wildman–Crippen MR) is 87.3 cm³/mol. The molecule has 2 heterocycles. The van der Waals surface area contributed by atoms with E-state index in [0.717, 1.165) is 5.56 Å². The topological polar surface area (TPSA) is 114 Å². The van der Waals surface area contributed by atoms with Crippen LogP contribution in [0.1, 0.15) is 25.3 Å². The van der Waals surface area contributed by atoms with Crippen molar-refractivity contribution in [1.29, 1.82) is 10.5 Å². The highest BCUT2D eigenvalue weighted by Gasteiger charge is 2.94. The molecule has 1 saturated carbocycles. The Morgan fingerprint density at radius 1 is 1.36 bits per heavy atom. The normalized spacial score (nSPS) is 40.9. The number of benzene rings is 1. The van der Waals surface area contributed by atoms with Gasteiger partial charge in [-0.3, -0.25) is 0 Å². The summed E-state index contributed by atoms with van der Waals surface area (Å²) in [5.74, 6) is -1.35. The second-order valence-electron chi connectivity index (χ2n) is 6.56. The third kappa shape index (κ3) is 1.58. The molecule has 4 rings (SSSR count). The van der Waals surface area contributed by atoms with Gasteiger partial charge in [0.05, 0.1) is 31.5 Å². The number of nitriles is 2. The maximum Gasteiger partial charge on any atom is 0.293 e. The lowest BCUT2D eigenvalue weighted by Crippen LogP contribution is -2.39. The smallest absolute Gasteiger partial charge is 0.293 e. The molecule has 0 amide bonds. The summed E-state index contributed by atoms with van der Waals surface area (Å²) < 4.78 is 17.4. The molecule has 5 atom stereocenters. The summed E-state index contributed by atoms with van der Waals surface area (Å²) in [7, 11) is 0. The van der Waals surface area contributed by atoms with Crippen LogP contribution in [0.2, 0.25) is 0 Å². The van der Waals surface area contributed by atoms with Gasteiger partial charge >= 0.3 is 0 Å². The van der Waals surface area contributed by atoms with E-state index in [0.29, 0.717) is 19.0 Å². The van der Waals surface area contributed by atoms with E-state index in [2.05, 4.69) is 17.1 Å². The fourth-order valence-corrected chi connectivity index (χ4v) is 4.33. The molecule has 2 fully saturated rings. The summed E-state index contributed by atoms with van der Waals surface area (Å²) >= 11 is 0. The second kappa shape index (κ2) is 4.95. The summed E-state index contributed by atoms with van der Waals surface area (Å²) in [4.78, 5) is 4.30. The number of hydrogen-bond acceptors (Lipinski definition) is 7. The van der Waals surface area contributed by atoms with Crippen LogP contribution in [0.4, 0.5) is 0 Å². The van der Waals surface area contributed by atoms with Gasteiger partial charge in [-0.05, 0) is 19.9 Å². The number of nitrogens with two attached hydrogens (primary N) is 1. The molecule has 1 aliphatic carbocycles. The van der Waals surface area contributed by atoms with E-state index in [-0.39, 0.29) is 11.9 Å². The van der Waals surface area contributed by atoms with Gasteiger partial charge in [-0.1, -0.05) is 18.2 Å². The predicted octanol–water partition coefficient (Wildman–Crippen LogP) is 1.66. The first kappa shape index (κ1) is 15.9. The van der Waals surface area contributed by atoms with Gasteiger partial charge in [-0.15, -0.1) is 0 Å². The van der Waals surface area contributed by atoms with Crippen LogP contribution < -0.4 is 10.5 Å². The van der Waals surface area contributed by atoms with E-state index in [4.69, 9.17) is 19.9 Å². The Kier molecular flexibility index (Phi) is 3.15. The van der Waals surface area contributed by atoms with Crippen molar-refractivity contribution in [2.45, 2.75) is 31.8 Å².